The summed E-state index contributed by atoms with van der Waals surface area (Å²) in [6, 6.07) is 0.825. The lowest BCUT2D eigenvalue weighted by atomic mass is 10.5. The van der Waals surface area contributed by atoms with E-state index < -0.39 is 0 Å². The van der Waals surface area contributed by atoms with Gasteiger partial charge in [0.05, 0.1) is 5.69 Å². The summed E-state index contributed by atoms with van der Waals surface area (Å²) in [5.41, 5.74) is 1.05. The first-order chi connectivity index (χ1) is 8.20. The molecule has 2 rings (SSSR count). The number of anilines is 1. The number of allylic oxidation sites excluding steroid dienone is 1. The van der Waals surface area contributed by atoms with Crippen molar-refractivity contribution < 1.29 is 0 Å². The van der Waals surface area contributed by atoms with Crippen LogP contribution in [0.4, 0.5) is 5.95 Å². The highest BCUT2D eigenvalue weighted by atomic mass is 15.2. The van der Waals surface area contributed by atoms with Crippen molar-refractivity contribution in [1.29, 1.82) is 0 Å². The van der Waals surface area contributed by atoms with Gasteiger partial charge in [-0.2, -0.15) is 0 Å². The Bertz CT molecular complexity index is 379. The van der Waals surface area contributed by atoms with Gasteiger partial charge in [0.2, 0.25) is 5.95 Å². The topological polar surface area (TPSA) is 33.1 Å². The second-order valence-electron chi connectivity index (χ2n) is 4.79. The zero-order valence-corrected chi connectivity index (χ0v) is 10.8. The van der Waals surface area contributed by atoms with Crippen LogP contribution in [0.5, 0.6) is 0 Å². The highest BCUT2D eigenvalue weighted by molar-refractivity contribution is 5.29. The normalized spacial score (nSPS) is 15.2. The molecule has 4 nitrogen and oxygen atoms in total. The number of hydrogen-bond acceptors (Lipinski definition) is 3. The molecule has 1 N–H and O–H groups in total. The molecular formula is C13H22N4. The van der Waals surface area contributed by atoms with Crippen LogP contribution in [0.15, 0.2) is 18.9 Å². The second kappa shape index (κ2) is 5.36. The van der Waals surface area contributed by atoms with Gasteiger partial charge in [-0.15, -0.1) is 6.58 Å². The largest absolute Gasteiger partial charge is 0.354 e. The number of likely N-dealkylation sites (N-methyl/N-ethyl adjacent to an activating group) is 1. The SMILES string of the molecule is C=CCn1cc(C)nc1NCCN(C)C1CC1. The maximum absolute atomic E-state index is 4.47. The molecule has 1 aromatic rings. The first-order valence-electron chi connectivity index (χ1n) is 6.29. The van der Waals surface area contributed by atoms with Gasteiger partial charge in [-0.3, -0.25) is 0 Å². The van der Waals surface area contributed by atoms with E-state index in [2.05, 4.69) is 39.6 Å². The lowest BCUT2D eigenvalue weighted by Gasteiger charge is -2.16. The van der Waals surface area contributed by atoms with Crippen LogP contribution >= 0.6 is 0 Å². The Morgan fingerprint density at radius 2 is 2.41 bits per heavy atom. The van der Waals surface area contributed by atoms with Crippen LogP contribution in [-0.4, -0.2) is 40.6 Å². The molecule has 94 valence electrons. The van der Waals surface area contributed by atoms with Gasteiger partial charge in [0.15, 0.2) is 0 Å². The Labute approximate surface area is 103 Å². The number of nitrogens with one attached hydrogen (secondary N) is 1. The minimum absolute atomic E-state index is 0.807. The van der Waals surface area contributed by atoms with Gasteiger partial charge < -0.3 is 14.8 Å². The van der Waals surface area contributed by atoms with Crippen LogP contribution in [0, 0.1) is 6.92 Å². The molecule has 1 aromatic heterocycles. The number of rotatable bonds is 7. The monoisotopic (exact) mass is 234 g/mol. The molecule has 1 fully saturated rings. The lowest BCUT2D eigenvalue weighted by Crippen LogP contribution is -2.27. The Hall–Kier alpha value is -1.29. The van der Waals surface area contributed by atoms with Crippen molar-refractivity contribution in [2.45, 2.75) is 32.4 Å². The Morgan fingerprint density at radius 3 is 3.06 bits per heavy atom. The molecule has 0 atom stereocenters. The molecule has 17 heavy (non-hydrogen) atoms. The molecule has 0 radical (unpaired) electrons. The summed E-state index contributed by atoms with van der Waals surface area (Å²) in [5.74, 6) is 0.951. The van der Waals surface area contributed by atoms with Gasteiger partial charge in [-0.25, -0.2) is 4.98 Å². The third-order valence-corrected chi connectivity index (χ3v) is 3.14. The van der Waals surface area contributed by atoms with Crippen LogP contribution < -0.4 is 5.32 Å². The molecule has 0 aliphatic heterocycles. The van der Waals surface area contributed by atoms with E-state index in [1.54, 1.807) is 0 Å². The predicted molar refractivity (Wildman–Crippen MR) is 71.3 cm³/mol. The summed E-state index contributed by atoms with van der Waals surface area (Å²) in [4.78, 5) is 6.89. The third kappa shape index (κ3) is 3.33. The van der Waals surface area contributed by atoms with Crippen molar-refractivity contribution in [3.05, 3.63) is 24.5 Å². The van der Waals surface area contributed by atoms with Gasteiger partial charge in [-0.05, 0) is 26.8 Å². The smallest absolute Gasteiger partial charge is 0.203 e. The van der Waals surface area contributed by atoms with E-state index in [-0.39, 0.29) is 0 Å². The fourth-order valence-electron chi connectivity index (χ4n) is 2.01. The minimum atomic E-state index is 0.807. The molecular weight excluding hydrogens is 212 g/mol. The molecule has 1 saturated carbocycles. The maximum Gasteiger partial charge on any atom is 0.203 e. The van der Waals surface area contributed by atoms with Gasteiger partial charge in [-0.1, -0.05) is 6.08 Å². The average molecular weight is 234 g/mol. The zero-order chi connectivity index (χ0) is 12.3. The fraction of sp³-hybridized carbons (Fsp3) is 0.615. The van der Waals surface area contributed by atoms with Crippen molar-refractivity contribution >= 4 is 5.95 Å². The Morgan fingerprint density at radius 1 is 1.65 bits per heavy atom. The van der Waals surface area contributed by atoms with Crippen LogP contribution in [0.1, 0.15) is 18.5 Å². The summed E-state index contributed by atoms with van der Waals surface area (Å²) in [6.07, 6.45) is 6.67. The van der Waals surface area contributed by atoms with Crippen LogP contribution in [0.25, 0.3) is 0 Å². The Kier molecular flexibility index (Phi) is 3.84. The molecule has 0 unspecified atom stereocenters. The fourth-order valence-corrected chi connectivity index (χ4v) is 2.01. The molecule has 1 aliphatic carbocycles. The van der Waals surface area contributed by atoms with Gasteiger partial charge >= 0.3 is 0 Å². The quantitative estimate of drug-likeness (QED) is 0.731. The standard InChI is InChI=1S/C13H22N4/c1-4-8-17-10-11(2)15-13(17)14-7-9-16(3)12-5-6-12/h4,10,12H,1,5-9H2,2-3H3,(H,14,15). The summed E-state index contributed by atoms with van der Waals surface area (Å²) >= 11 is 0. The Balaban J connectivity index is 1.82. The molecule has 0 bridgehead atoms. The lowest BCUT2D eigenvalue weighted by molar-refractivity contribution is 0.337. The highest BCUT2D eigenvalue weighted by Gasteiger charge is 2.25. The molecule has 4 heteroatoms. The summed E-state index contributed by atoms with van der Waals surface area (Å²) in [5, 5.41) is 3.39. The third-order valence-electron chi connectivity index (χ3n) is 3.14. The first-order valence-corrected chi connectivity index (χ1v) is 6.29. The number of hydrogen-bond donors (Lipinski definition) is 1. The van der Waals surface area contributed by atoms with Crippen LogP contribution in [0.2, 0.25) is 0 Å². The van der Waals surface area contributed by atoms with Crippen molar-refractivity contribution in [3.63, 3.8) is 0 Å². The van der Waals surface area contributed by atoms with Gasteiger partial charge in [0, 0.05) is 31.9 Å². The van der Waals surface area contributed by atoms with E-state index >= 15 is 0 Å². The van der Waals surface area contributed by atoms with Crippen molar-refractivity contribution in [2.75, 3.05) is 25.5 Å². The summed E-state index contributed by atoms with van der Waals surface area (Å²) in [7, 11) is 2.20. The van der Waals surface area contributed by atoms with Crippen molar-refractivity contribution in [1.82, 2.24) is 14.5 Å². The first kappa shape index (κ1) is 12.2. The van der Waals surface area contributed by atoms with E-state index in [0.717, 1.165) is 37.3 Å². The van der Waals surface area contributed by atoms with Crippen molar-refractivity contribution in [2.24, 2.45) is 0 Å². The zero-order valence-electron chi connectivity index (χ0n) is 10.8. The van der Waals surface area contributed by atoms with Gasteiger partial charge in [0.25, 0.3) is 0 Å². The molecule has 0 aromatic carbocycles. The molecule has 1 heterocycles. The summed E-state index contributed by atoms with van der Waals surface area (Å²) < 4.78 is 2.10. The average Bonchev–Trinajstić information content (AvgIpc) is 3.06. The molecule has 0 saturated heterocycles. The van der Waals surface area contributed by atoms with Crippen LogP contribution in [0.3, 0.4) is 0 Å². The molecule has 0 amide bonds. The number of aromatic nitrogens is 2. The molecule has 0 spiro atoms. The number of imidazole rings is 1. The van der Waals surface area contributed by atoms with E-state index in [1.807, 2.05) is 13.0 Å². The van der Waals surface area contributed by atoms with E-state index in [0.29, 0.717) is 0 Å². The number of nitrogens with zero attached hydrogens (tertiary/aromatic N) is 3. The predicted octanol–water partition coefficient (Wildman–Crippen LogP) is 1.88. The van der Waals surface area contributed by atoms with Crippen molar-refractivity contribution in [3.8, 4) is 0 Å². The van der Waals surface area contributed by atoms with E-state index in [9.17, 15) is 0 Å². The maximum atomic E-state index is 4.47. The van der Waals surface area contributed by atoms with Gasteiger partial charge in [0.1, 0.15) is 0 Å². The van der Waals surface area contributed by atoms with Crippen LogP contribution in [-0.2, 0) is 6.54 Å². The van der Waals surface area contributed by atoms with E-state index in [4.69, 9.17) is 0 Å². The van der Waals surface area contributed by atoms with E-state index in [1.165, 1.54) is 12.8 Å². The minimum Gasteiger partial charge on any atom is -0.354 e. The molecule has 1 aliphatic rings. The highest BCUT2D eigenvalue weighted by Crippen LogP contribution is 2.24. The second-order valence-corrected chi connectivity index (χ2v) is 4.79. The number of aryl methyl sites for hydroxylation is 1. The summed E-state index contributed by atoms with van der Waals surface area (Å²) in [6.45, 7) is 8.60.